The molecule has 1 N–H and O–H groups in total. The number of aryl methyl sites for hydroxylation is 1. The third-order valence-electron chi connectivity index (χ3n) is 3.73. The zero-order chi connectivity index (χ0) is 14.7. The van der Waals surface area contributed by atoms with E-state index in [0.717, 1.165) is 53.2 Å². The average molecular weight is 282 g/mol. The summed E-state index contributed by atoms with van der Waals surface area (Å²) in [6.45, 7) is 2.42. The van der Waals surface area contributed by atoms with Crippen molar-refractivity contribution >= 4 is 5.71 Å². The van der Waals surface area contributed by atoms with E-state index in [-0.39, 0.29) is 0 Å². The Morgan fingerprint density at radius 2 is 2.05 bits per heavy atom. The fourth-order valence-corrected chi connectivity index (χ4v) is 2.73. The highest BCUT2D eigenvalue weighted by Gasteiger charge is 2.19. The predicted molar refractivity (Wildman–Crippen MR) is 81.0 cm³/mol. The molecular weight excluding hydrogens is 264 g/mol. The summed E-state index contributed by atoms with van der Waals surface area (Å²) in [5.41, 5.74) is 4.78. The van der Waals surface area contributed by atoms with Crippen LogP contribution in [-0.4, -0.2) is 15.9 Å². The average Bonchev–Trinajstić information content (AvgIpc) is 2.52. The van der Waals surface area contributed by atoms with E-state index in [1.165, 1.54) is 0 Å². The number of benzene rings is 1. The van der Waals surface area contributed by atoms with Gasteiger partial charge in [-0.1, -0.05) is 23.4 Å². The molecule has 0 amide bonds. The van der Waals surface area contributed by atoms with Gasteiger partial charge in [0.2, 0.25) is 0 Å². The smallest absolute Gasteiger partial charge is 0.130 e. The summed E-state index contributed by atoms with van der Waals surface area (Å²) in [5.74, 6) is 0.858. The molecule has 0 bridgehead atoms. The van der Waals surface area contributed by atoms with E-state index < -0.39 is 0 Å². The molecule has 4 nitrogen and oxygen atoms in total. The Bertz CT molecular complexity index is 680. The van der Waals surface area contributed by atoms with E-state index in [4.69, 9.17) is 9.94 Å². The van der Waals surface area contributed by atoms with Gasteiger partial charge in [0.1, 0.15) is 12.4 Å². The SMILES string of the molecule is Cc1cccc(COc2cccc3c2CCCC3=NO)n1. The van der Waals surface area contributed by atoms with Crippen LogP contribution in [0.1, 0.15) is 35.4 Å². The van der Waals surface area contributed by atoms with E-state index in [9.17, 15) is 0 Å². The molecule has 1 aromatic carbocycles. The van der Waals surface area contributed by atoms with Crippen molar-refractivity contribution < 1.29 is 9.94 Å². The van der Waals surface area contributed by atoms with Crippen molar-refractivity contribution in [3.05, 3.63) is 58.9 Å². The minimum Gasteiger partial charge on any atom is -0.487 e. The Kier molecular flexibility index (Phi) is 3.86. The minimum absolute atomic E-state index is 0.448. The highest BCUT2D eigenvalue weighted by atomic mass is 16.5. The van der Waals surface area contributed by atoms with Crippen LogP contribution in [0.15, 0.2) is 41.6 Å². The number of nitrogens with zero attached hydrogens (tertiary/aromatic N) is 2. The van der Waals surface area contributed by atoms with E-state index in [0.29, 0.717) is 6.61 Å². The van der Waals surface area contributed by atoms with Crippen molar-refractivity contribution in [2.24, 2.45) is 5.16 Å². The monoisotopic (exact) mass is 282 g/mol. The second-order valence-electron chi connectivity index (χ2n) is 5.24. The van der Waals surface area contributed by atoms with Crippen LogP contribution in [0.25, 0.3) is 0 Å². The lowest BCUT2D eigenvalue weighted by Crippen LogP contribution is -2.13. The van der Waals surface area contributed by atoms with E-state index in [2.05, 4.69) is 10.1 Å². The second kappa shape index (κ2) is 5.95. The van der Waals surface area contributed by atoms with Crippen molar-refractivity contribution in [2.45, 2.75) is 32.8 Å². The standard InChI is InChI=1S/C17H18N2O2/c1-12-5-2-6-13(18-12)11-21-17-10-4-7-14-15(17)8-3-9-16(14)19-20/h2,4-7,10,20H,3,8-9,11H2,1H3. The summed E-state index contributed by atoms with van der Waals surface area (Å²) in [6.07, 6.45) is 2.74. The first-order valence-electron chi connectivity index (χ1n) is 7.16. The first kappa shape index (κ1) is 13.6. The lowest BCUT2D eigenvalue weighted by molar-refractivity contribution is 0.297. The molecule has 1 heterocycles. The molecule has 3 rings (SSSR count). The first-order valence-corrected chi connectivity index (χ1v) is 7.16. The number of oxime groups is 1. The molecule has 0 saturated carbocycles. The van der Waals surface area contributed by atoms with Crippen LogP contribution in [0.3, 0.4) is 0 Å². The Labute approximate surface area is 124 Å². The van der Waals surface area contributed by atoms with Crippen molar-refractivity contribution in [2.75, 3.05) is 0 Å². The zero-order valence-corrected chi connectivity index (χ0v) is 12.0. The molecule has 4 heteroatoms. The summed E-state index contributed by atoms with van der Waals surface area (Å²) in [6, 6.07) is 11.8. The molecule has 1 aliphatic rings. The lowest BCUT2D eigenvalue weighted by atomic mass is 9.89. The minimum atomic E-state index is 0.448. The molecule has 21 heavy (non-hydrogen) atoms. The molecule has 0 spiro atoms. The van der Waals surface area contributed by atoms with Crippen LogP contribution in [0.5, 0.6) is 5.75 Å². The molecule has 1 aliphatic carbocycles. The summed E-state index contributed by atoms with van der Waals surface area (Å²) in [7, 11) is 0. The number of hydrogen-bond acceptors (Lipinski definition) is 4. The highest BCUT2D eigenvalue weighted by Crippen LogP contribution is 2.30. The molecule has 0 saturated heterocycles. The Morgan fingerprint density at radius 3 is 2.86 bits per heavy atom. The molecule has 0 atom stereocenters. The van der Waals surface area contributed by atoms with Gasteiger partial charge in [-0.3, -0.25) is 4.98 Å². The van der Waals surface area contributed by atoms with Gasteiger partial charge in [0.25, 0.3) is 0 Å². The molecule has 2 aromatic rings. The number of aromatic nitrogens is 1. The van der Waals surface area contributed by atoms with Gasteiger partial charge < -0.3 is 9.94 Å². The van der Waals surface area contributed by atoms with Crippen LogP contribution in [-0.2, 0) is 13.0 Å². The van der Waals surface area contributed by atoms with Crippen molar-refractivity contribution in [1.82, 2.24) is 4.98 Å². The number of hydrogen-bond donors (Lipinski definition) is 1. The quantitative estimate of drug-likeness (QED) is 0.692. The predicted octanol–water partition coefficient (Wildman–Crippen LogP) is 3.48. The van der Waals surface area contributed by atoms with Crippen LogP contribution < -0.4 is 4.74 Å². The molecule has 108 valence electrons. The van der Waals surface area contributed by atoms with Gasteiger partial charge in [0.05, 0.1) is 11.4 Å². The van der Waals surface area contributed by atoms with Gasteiger partial charge in [-0.15, -0.1) is 0 Å². The van der Waals surface area contributed by atoms with Gasteiger partial charge in [-0.05, 0) is 44.4 Å². The first-order chi connectivity index (χ1) is 10.3. The van der Waals surface area contributed by atoms with Gasteiger partial charge in [0, 0.05) is 16.8 Å². The maximum Gasteiger partial charge on any atom is 0.130 e. The van der Waals surface area contributed by atoms with Crippen molar-refractivity contribution in [1.29, 1.82) is 0 Å². The van der Waals surface area contributed by atoms with Gasteiger partial charge in [-0.2, -0.15) is 0 Å². The lowest BCUT2D eigenvalue weighted by Gasteiger charge is -2.20. The van der Waals surface area contributed by atoms with Crippen LogP contribution in [0.2, 0.25) is 0 Å². The zero-order valence-electron chi connectivity index (χ0n) is 12.0. The fraction of sp³-hybridized carbons (Fsp3) is 0.294. The van der Waals surface area contributed by atoms with Gasteiger partial charge in [0.15, 0.2) is 0 Å². The third kappa shape index (κ3) is 2.89. The molecule has 0 fully saturated rings. The maximum absolute atomic E-state index is 9.10. The molecular formula is C17H18N2O2. The molecule has 0 aliphatic heterocycles. The van der Waals surface area contributed by atoms with Gasteiger partial charge in [-0.25, -0.2) is 0 Å². The Hall–Kier alpha value is -2.36. The Morgan fingerprint density at radius 1 is 1.19 bits per heavy atom. The van der Waals surface area contributed by atoms with Crippen LogP contribution >= 0.6 is 0 Å². The van der Waals surface area contributed by atoms with Gasteiger partial charge >= 0.3 is 0 Å². The highest BCUT2D eigenvalue weighted by molar-refractivity contribution is 6.02. The molecule has 0 radical (unpaired) electrons. The molecule has 1 aromatic heterocycles. The number of ether oxygens (including phenoxy) is 1. The largest absolute Gasteiger partial charge is 0.487 e. The van der Waals surface area contributed by atoms with Crippen molar-refractivity contribution in [3.63, 3.8) is 0 Å². The number of rotatable bonds is 3. The topological polar surface area (TPSA) is 54.7 Å². The maximum atomic E-state index is 9.10. The van der Waals surface area contributed by atoms with E-state index in [1.54, 1.807) is 0 Å². The second-order valence-corrected chi connectivity index (χ2v) is 5.24. The van der Waals surface area contributed by atoms with E-state index in [1.807, 2.05) is 43.3 Å². The van der Waals surface area contributed by atoms with Crippen molar-refractivity contribution in [3.8, 4) is 5.75 Å². The summed E-state index contributed by atoms with van der Waals surface area (Å²) in [4.78, 5) is 4.44. The van der Waals surface area contributed by atoms with E-state index >= 15 is 0 Å². The summed E-state index contributed by atoms with van der Waals surface area (Å²) in [5, 5.41) is 12.5. The van der Waals surface area contributed by atoms with Crippen LogP contribution in [0.4, 0.5) is 0 Å². The number of pyridine rings is 1. The fourth-order valence-electron chi connectivity index (χ4n) is 2.73. The number of fused-ring (bicyclic) bond motifs is 1. The normalized spacial score (nSPS) is 15.8. The molecule has 0 unspecified atom stereocenters. The Balaban J connectivity index is 1.83. The third-order valence-corrected chi connectivity index (χ3v) is 3.73. The summed E-state index contributed by atoms with van der Waals surface area (Å²) >= 11 is 0. The van der Waals surface area contributed by atoms with Crippen LogP contribution in [0, 0.1) is 6.92 Å². The summed E-state index contributed by atoms with van der Waals surface area (Å²) < 4.78 is 5.94.